The summed E-state index contributed by atoms with van der Waals surface area (Å²) in [6, 6.07) is 14.9. The van der Waals surface area contributed by atoms with Crippen molar-refractivity contribution in [1.29, 1.82) is 0 Å². The second kappa shape index (κ2) is 8.87. The molecule has 0 aliphatic rings. The quantitative estimate of drug-likeness (QED) is 0.329. The molecule has 7 heteroatoms. The average Bonchev–Trinajstić information content (AvgIpc) is 2.67. The minimum Gasteiger partial charge on any atom is -0.397 e. The number of hydrogen-bond acceptors (Lipinski definition) is 5. The van der Waals surface area contributed by atoms with E-state index in [1.54, 1.807) is 26.0 Å². The molecule has 0 fully saturated rings. The number of halogens is 2. The number of fused-ring (bicyclic) bond motifs is 2. The van der Waals surface area contributed by atoms with Crippen LogP contribution in [0, 0.1) is 0 Å². The highest BCUT2D eigenvalue weighted by Gasteiger charge is 2.22. The van der Waals surface area contributed by atoms with Gasteiger partial charge in [-0.3, -0.25) is 4.98 Å². The van der Waals surface area contributed by atoms with E-state index >= 15 is 0 Å². The number of para-hydroxylation sites is 1. The van der Waals surface area contributed by atoms with E-state index < -0.39 is 5.60 Å². The molecule has 4 rings (SSSR count). The number of anilines is 2. The van der Waals surface area contributed by atoms with Gasteiger partial charge in [0.05, 0.1) is 38.8 Å². The van der Waals surface area contributed by atoms with E-state index in [1.807, 2.05) is 36.4 Å². The molecular formula is C24H26Cl2N4O. The highest BCUT2D eigenvalue weighted by atomic mass is 35.5. The summed E-state index contributed by atoms with van der Waals surface area (Å²) in [4.78, 5) is 8.86. The van der Waals surface area contributed by atoms with Crippen LogP contribution in [0.25, 0.3) is 21.8 Å². The van der Waals surface area contributed by atoms with Crippen LogP contribution >= 0.6 is 23.2 Å². The normalized spacial score (nSPS) is 11.6. The van der Waals surface area contributed by atoms with E-state index in [0.717, 1.165) is 27.7 Å². The summed E-state index contributed by atoms with van der Waals surface area (Å²) in [5, 5.41) is 13.1. The van der Waals surface area contributed by atoms with Crippen LogP contribution in [0.15, 0.2) is 48.5 Å². The van der Waals surface area contributed by atoms with E-state index in [1.165, 1.54) is 0 Å². The summed E-state index contributed by atoms with van der Waals surface area (Å²) >= 11 is 12.0. The third kappa shape index (κ3) is 5.18. The Morgan fingerprint density at radius 3 is 2.23 bits per heavy atom. The van der Waals surface area contributed by atoms with Crippen LogP contribution in [0.3, 0.4) is 0 Å². The lowest BCUT2D eigenvalue weighted by Crippen LogP contribution is -2.19. The number of rotatable bonds is 2. The van der Waals surface area contributed by atoms with Gasteiger partial charge >= 0.3 is 0 Å². The Bertz CT molecular complexity index is 1250. The van der Waals surface area contributed by atoms with Crippen LogP contribution in [-0.2, 0) is 5.60 Å². The maximum absolute atomic E-state index is 9.93. The minimum atomic E-state index is -1.07. The Hall–Kier alpha value is -2.60. The topological polar surface area (TPSA) is 98.0 Å². The Kier molecular flexibility index (Phi) is 6.60. The number of hydrogen-bond donors (Lipinski definition) is 3. The van der Waals surface area contributed by atoms with E-state index in [0.29, 0.717) is 32.9 Å². The predicted octanol–water partition coefficient (Wildman–Crippen LogP) is 6.29. The first-order chi connectivity index (χ1) is 14.5. The molecule has 0 spiro atoms. The molecule has 2 heterocycles. The highest BCUT2D eigenvalue weighted by Crippen LogP contribution is 2.30. The van der Waals surface area contributed by atoms with E-state index in [-0.39, 0.29) is 0 Å². The van der Waals surface area contributed by atoms with Gasteiger partial charge in [-0.15, -0.1) is 0 Å². The van der Waals surface area contributed by atoms with Crippen molar-refractivity contribution in [3.05, 3.63) is 70.0 Å². The molecular weight excluding hydrogens is 431 g/mol. The van der Waals surface area contributed by atoms with Crippen molar-refractivity contribution in [2.75, 3.05) is 11.5 Å². The zero-order valence-electron chi connectivity index (χ0n) is 17.9. The zero-order chi connectivity index (χ0) is 22.9. The predicted molar refractivity (Wildman–Crippen MR) is 132 cm³/mol. The number of aliphatic hydroxyl groups is 1. The number of pyridine rings is 2. The van der Waals surface area contributed by atoms with Gasteiger partial charge in [-0.25, -0.2) is 4.98 Å². The molecule has 0 saturated carbocycles. The molecule has 5 nitrogen and oxygen atoms in total. The lowest BCUT2D eigenvalue weighted by Gasteiger charge is -2.19. The van der Waals surface area contributed by atoms with Gasteiger partial charge < -0.3 is 16.6 Å². The van der Waals surface area contributed by atoms with Crippen molar-refractivity contribution in [3.8, 4) is 0 Å². The van der Waals surface area contributed by atoms with Crippen LogP contribution in [0.5, 0.6) is 0 Å². The maximum atomic E-state index is 9.93. The SMILES string of the molecule is CC(C)(O)c1nc2c(Cl)cccc2cc1N.CC(C)c1nc2cc(Cl)ccc2cc1N. The molecule has 0 bridgehead atoms. The Balaban J connectivity index is 0.000000176. The van der Waals surface area contributed by atoms with Crippen molar-refractivity contribution in [3.63, 3.8) is 0 Å². The zero-order valence-corrected chi connectivity index (χ0v) is 19.5. The maximum Gasteiger partial charge on any atom is 0.103 e. The fourth-order valence-corrected chi connectivity index (χ4v) is 3.69. The number of benzene rings is 2. The average molecular weight is 457 g/mol. The molecule has 2 aromatic heterocycles. The van der Waals surface area contributed by atoms with Gasteiger partial charge in [-0.05, 0) is 50.1 Å². The van der Waals surface area contributed by atoms with Crippen molar-refractivity contribution in [1.82, 2.24) is 9.97 Å². The summed E-state index contributed by atoms with van der Waals surface area (Å²) in [7, 11) is 0. The number of aromatic nitrogens is 2. The molecule has 4 aromatic rings. The van der Waals surface area contributed by atoms with Crippen molar-refractivity contribution >= 4 is 56.4 Å². The molecule has 0 atom stereocenters. The second-order valence-electron chi connectivity index (χ2n) is 8.25. The first-order valence-electron chi connectivity index (χ1n) is 9.90. The first-order valence-corrected chi connectivity index (χ1v) is 10.7. The van der Waals surface area contributed by atoms with Gasteiger partial charge in [0.15, 0.2) is 0 Å². The summed E-state index contributed by atoms with van der Waals surface area (Å²) in [6.45, 7) is 7.45. The molecule has 0 saturated heterocycles. The molecule has 0 aliphatic heterocycles. The first kappa shape index (κ1) is 23.1. The molecule has 31 heavy (non-hydrogen) atoms. The van der Waals surface area contributed by atoms with Gasteiger partial charge in [-0.1, -0.05) is 55.2 Å². The van der Waals surface area contributed by atoms with Gasteiger partial charge in [0, 0.05) is 15.8 Å². The van der Waals surface area contributed by atoms with Crippen LogP contribution in [0.2, 0.25) is 10.0 Å². The molecule has 0 unspecified atom stereocenters. The Morgan fingerprint density at radius 1 is 0.903 bits per heavy atom. The summed E-state index contributed by atoms with van der Waals surface area (Å²) in [5.41, 5.74) is 14.9. The number of nitrogens with two attached hydrogens (primary N) is 2. The standard InChI is InChI=1S/C12H13ClN2O.C12H13ClN2/c1-12(2,16)11-9(14)6-7-4-3-5-8(13)10(7)15-11;1-7(2)12-10(14)5-8-3-4-9(13)6-11(8)15-12/h3-6,16H,14H2,1-2H3;3-7H,14H2,1-2H3. The van der Waals surface area contributed by atoms with Crippen LogP contribution in [-0.4, -0.2) is 15.1 Å². The summed E-state index contributed by atoms with van der Waals surface area (Å²) in [5.74, 6) is 0.327. The molecule has 162 valence electrons. The van der Waals surface area contributed by atoms with Crippen molar-refractivity contribution in [2.24, 2.45) is 0 Å². The molecule has 0 aliphatic carbocycles. The Morgan fingerprint density at radius 2 is 1.58 bits per heavy atom. The fourth-order valence-electron chi connectivity index (χ4n) is 3.30. The third-order valence-corrected chi connectivity index (χ3v) is 5.33. The van der Waals surface area contributed by atoms with Crippen molar-refractivity contribution < 1.29 is 5.11 Å². The number of nitrogen functional groups attached to an aromatic ring is 2. The second-order valence-corrected chi connectivity index (χ2v) is 9.09. The third-order valence-electron chi connectivity index (χ3n) is 4.79. The molecule has 0 radical (unpaired) electrons. The molecule has 0 amide bonds. The fraction of sp³-hybridized carbons (Fsp3) is 0.250. The smallest absolute Gasteiger partial charge is 0.103 e. The van der Waals surface area contributed by atoms with Crippen LogP contribution in [0.4, 0.5) is 11.4 Å². The summed E-state index contributed by atoms with van der Waals surface area (Å²) in [6.07, 6.45) is 0. The largest absolute Gasteiger partial charge is 0.397 e. The lowest BCUT2D eigenvalue weighted by molar-refractivity contribution is 0.0751. The van der Waals surface area contributed by atoms with Crippen LogP contribution in [0.1, 0.15) is 45.0 Å². The van der Waals surface area contributed by atoms with E-state index in [2.05, 4.69) is 23.8 Å². The minimum absolute atomic E-state index is 0.327. The van der Waals surface area contributed by atoms with Gasteiger partial charge in [0.1, 0.15) is 5.60 Å². The Labute approximate surface area is 192 Å². The monoisotopic (exact) mass is 456 g/mol. The highest BCUT2D eigenvalue weighted by molar-refractivity contribution is 6.35. The van der Waals surface area contributed by atoms with Crippen molar-refractivity contribution in [2.45, 2.75) is 39.2 Å². The number of nitrogens with zero attached hydrogens (tertiary/aromatic N) is 2. The van der Waals surface area contributed by atoms with E-state index in [4.69, 9.17) is 34.7 Å². The van der Waals surface area contributed by atoms with Gasteiger partial charge in [-0.2, -0.15) is 0 Å². The van der Waals surface area contributed by atoms with E-state index in [9.17, 15) is 5.11 Å². The summed E-state index contributed by atoms with van der Waals surface area (Å²) < 4.78 is 0. The van der Waals surface area contributed by atoms with Crippen LogP contribution < -0.4 is 11.5 Å². The lowest BCUT2D eigenvalue weighted by atomic mass is 10.0. The molecule has 5 N–H and O–H groups in total. The van der Waals surface area contributed by atoms with Gasteiger partial charge in [0.2, 0.25) is 0 Å². The van der Waals surface area contributed by atoms with Gasteiger partial charge in [0.25, 0.3) is 0 Å². The molecule has 2 aromatic carbocycles.